The molecule has 5 nitrogen and oxygen atoms in total. The van der Waals surface area contributed by atoms with Crippen molar-refractivity contribution in [3.63, 3.8) is 0 Å². The number of nitrogens with one attached hydrogen (secondary N) is 2. The van der Waals surface area contributed by atoms with Gasteiger partial charge in [-0.15, -0.1) is 0 Å². The van der Waals surface area contributed by atoms with E-state index < -0.39 is 0 Å². The number of carbonyl (C=O) groups is 1. The zero-order chi connectivity index (χ0) is 13.2. The number of amides is 1. The van der Waals surface area contributed by atoms with E-state index in [1.54, 1.807) is 0 Å². The highest BCUT2D eigenvalue weighted by molar-refractivity contribution is 5.94. The van der Waals surface area contributed by atoms with E-state index >= 15 is 0 Å². The van der Waals surface area contributed by atoms with Gasteiger partial charge in [-0.25, -0.2) is 0 Å². The summed E-state index contributed by atoms with van der Waals surface area (Å²) in [5.41, 5.74) is 2.91. The van der Waals surface area contributed by atoms with Crippen LogP contribution < -0.4 is 5.32 Å². The second-order valence-corrected chi connectivity index (χ2v) is 5.52. The Balaban J connectivity index is 1.59. The summed E-state index contributed by atoms with van der Waals surface area (Å²) >= 11 is 0. The first-order valence-electron chi connectivity index (χ1n) is 7.38. The molecule has 1 aromatic heterocycles. The molecular formula is C14H22N4O. The molecule has 1 aliphatic heterocycles. The first kappa shape index (κ1) is 12.7. The summed E-state index contributed by atoms with van der Waals surface area (Å²) in [5, 5.41) is 10.2. The smallest absolute Gasteiger partial charge is 0.272 e. The second kappa shape index (κ2) is 5.33. The van der Waals surface area contributed by atoms with Gasteiger partial charge in [0.1, 0.15) is 0 Å². The van der Waals surface area contributed by atoms with Crippen molar-refractivity contribution in [3.8, 4) is 0 Å². The molecule has 0 spiro atoms. The van der Waals surface area contributed by atoms with Crippen molar-refractivity contribution in [1.29, 1.82) is 0 Å². The van der Waals surface area contributed by atoms with Crippen molar-refractivity contribution in [2.75, 3.05) is 19.6 Å². The summed E-state index contributed by atoms with van der Waals surface area (Å²) in [7, 11) is 0. The van der Waals surface area contributed by atoms with Gasteiger partial charge in [-0.1, -0.05) is 6.92 Å². The van der Waals surface area contributed by atoms with Crippen LogP contribution in [0.3, 0.4) is 0 Å². The summed E-state index contributed by atoms with van der Waals surface area (Å²) in [4.78, 5) is 14.6. The maximum absolute atomic E-state index is 12.2. The summed E-state index contributed by atoms with van der Waals surface area (Å²) in [6.07, 6.45) is 5.58. The summed E-state index contributed by atoms with van der Waals surface area (Å²) < 4.78 is 0. The molecule has 1 atom stereocenters. The number of aromatic amines is 1. The maximum Gasteiger partial charge on any atom is 0.272 e. The Morgan fingerprint density at radius 3 is 3.21 bits per heavy atom. The summed E-state index contributed by atoms with van der Waals surface area (Å²) in [6, 6.07) is 0.501. The Kier molecular flexibility index (Phi) is 3.55. The van der Waals surface area contributed by atoms with Gasteiger partial charge in [0.25, 0.3) is 5.91 Å². The molecule has 19 heavy (non-hydrogen) atoms. The lowest BCUT2D eigenvalue weighted by Crippen LogP contribution is -2.40. The summed E-state index contributed by atoms with van der Waals surface area (Å²) in [5.74, 6) is -0.0117. The minimum Gasteiger partial charge on any atom is -0.349 e. The number of rotatable bonds is 4. The van der Waals surface area contributed by atoms with Crippen LogP contribution in [0.25, 0.3) is 0 Å². The molecule has 2 aliphatic rings. The highest BCUT2D eigenvalue weighted by Gasteiger charge is 2.26. The van der Waals surface area contributed by atoms with Crippen LogP contribution in [0.5, 0.6) is 0 Å². The van der Waals surface area contributed by atoms with E-state index in [0.29, 0.717) is 11.7 Å². The molecule has 0 aromatic carbocycles. The second-order valence-electron chi connectivity index (χ2n) is 5.52. The first-order chi connectivity index (χ1) is 9.29. The zero-order valence-corrected chi connectivity index (χ0v) is 11.5. The van der Waals surface area contributed by atoms with Gasteiger partial charge >= 0.3 is 0 Å². The van der Waals surface area contributed by atoms with Crippen LogP contribution in [-0.4, -0.2) is 46.7 Å². The van der Waals surface area contributed by atoms with E-state index in [1.165, 1.54) is 12.8 Å². The molecule has 2 heterocycles. The van der Waals surface area contributed by atoms with E-state index in [0.717, 1.165) is 50.2 Å². The highest BCUT2D eigenvalue weighted by Crippen LogP contribution is 2.22. The van der Waals surface area contributed by atoms with E-state index in [-0.39, 0.29) is 5.91 Å². The van der Waals surface area contributed by atoms with E-state index in [2.05, 4.69) is 27.3 Å². The molecule has 0 unspecified atom stereocenters. The Bertz CT molecular complexity index is 468. The van der Waals surface area contributed by atoms with Gasteiger partial charge in [0.2, 0.25) is 0 Å². The van der Waals surface area contributed by atoms with Crippen LogP contribution in [0.4, 0.5) is 0 Å². The molecule has 3 rings (SSSR count). The highest BCUT2D eigenvalue weighted by atomic mass is 16.1. The third kappa shape index (κ3) is 2.39. The van der Waals surface area contributed by atoms with Crippen LogP contribution >= 0.6 is 0 Å². The van der Waals surface area contributed by atoms with Gasteiger partial charge in [0.05, 0.1) is 0 Å². The molecule has 1 amide bonds. The molecule has 1 aromatic rings. The van der Waals surface area contributed by atoms with Gasteiger partial charge < -0.3 is 5.32 Å². The average Bonchev–Trinajstić information content (AvgIpc) is 3.11. The van der Waals surface area contributed by atoms with Crippen molar-refractivity contribution in [3.05, 3.63) is 17.0 Å². The fraction of sp³-hybridized carbons (Fsp3) is 0.714. The van der Waals surface area contributed by atoms with E-state index in [4.69, 9.17) is 0 Å². The normalized spacial score (nSPS) is 22.7. The van der Waals surface area contributed by atoms with Crippen molar-refractivity contribution >= 4 is 5.91 Å². The van der Waals surface area contributed by atoms with Crippen molar-refractivity contribution in [2.24, 2.45) is 0 Å². The Morgan fingerprint density at radius 1 is 1.47 bits per heavy atom. The first-order valence-corrected chi connectivity index (χ1v) is 7.38. The van der Waals surface area contributed by atoms with Gasteiger partial charge in [-0.2, -0.15) is 5.10 Å². The number of hydrogen-bond donors (Lipinski definition) is 2. The molecular weight excluding hydrogens is 240 g/mol. The van der Waals surface area contributed by atoms with Crippen molar-refractivity contribution < 1.29 is 4.79 Å². The minimum atomic E-state index is -0.0117. The molecule has 104 valence electrons. The standard InChI is InChI=1S/C14H22N4O/c1-2-18-8-4-5-10(18)9-15-14(19)13-11-6-3-7-12(11)16-17-13/h10H,2-9H2,1H3,(H,15,19)(H,16,17)/t10-/m1/s1. The molecule has 2 N–H and O–H groups in total. The van der Waals surface area contributed by atoms with Gasteiger partial charge in [0, 0.05) is 23.8 Å². The molecule has 1 saturated heterocycles. The third-order valence-corrected chi connectivity index (χ3v) is 4.42. The number of hydrogen-bond acceptors (Lipinski definition) is 3. The van der Waals surface area contributed by atoms with Crippen molar-refractivity contribution in [2.45, 2.75) is 45.1 Å². The Morgan fingerprint density at radius 2 is 2.37 bits per heavy atom. The predicted molar refractivity (Wildman–Crippen MR) is 73.2 cm³/mol. The number of H-pyrrole nitrogens is 1. The van der Waals surface area contributed by atoms with Crippen LogP contribution in [0.2, 0.25) is 0 Å². The third-order valence-electron chi connectivity index (χ3n) is 4.42. The summed E-state index contributed by atoms with van der Waals surface area (Å²) in [6.45, 7) is 5.15. The van der Waals surface area contributed by atoms with Gasteiger partial charge in [-0.3, -0.25) is 14.8 Å². The fourth-order valence-corrected chi connectivity index (χ4v) is 3.34. The van der Waals surface area contributed by atoms with E-state index in [9.17, 15) is 4.79 Å². The number of nitrogens with zero attached hydrogens (tertiary/aromatic N) is 2. The minimum absolute atomic E-state index is 0.0117. The molecule has 0 bridgehead atoms. The van der Waals surface area contributed by atoms with Crippen LogP contribution in [-0.2, 0) is 12.8 Å². The number of fused-ring (bicyclic) bond motifs is 1. The largest absolute Gasteiger partial charge is 0.349 e. The lowest BCUT2D eigenvalue weighted by molar-refractivity contribution is 0.0935. The van der Waals surface area contributed by atoms with Crippen molar-refractivity contribution in [1.82, 2.24) is 20.4 Å². The number of carbonyl (C=O) groups excluding carboxylic acids is 1. The van der Waals surface area contributed by atoms with Crippen LogP contribution in [0.15, 0.2) is 0 Å². The number of aryl methyl sites for hydroxylation is 1. The van der Waals surface area contributed by atoms with Gasteiger partial charge in [-0.05, 0) is 45.2 Å². The number of aromatic nitrogens is 2. The van der Waals surface area contributed by atoms with E-state index in [1.807, 2.05) is 0 Å². The monoisotopic (exact) mass is 262 g/mol. The van der Waals surface area contributed by atoms with Crippen LogP contribution in [0.1, 0.15) is 47.9 Å². The van der Waals surface area contributed by atoms with Crippen LogP contribution in [0, 0.1) is 0 Å². The average molecular weight is 262 g/mol. The molecule has 1 fully saturated rings. The molecule has 0 saturated carbocycles. The lowest BCUT2D eigenvalue weighted by atomic mass is 10.2. The quantitative estimate of drug-likeness (QED) is 0.854. The maximum atomic E-state index is 12.2. The fourth-order valence-electron chi connectivity index (χ4n) is 3.34. The Hall–Kier alpha value is -1.36. The predicted octanol–water partition coefficient (Wildman–Crippen LogP) is 1.11. The number of likely N-dealkylation sites (N-methyl/N-ethyl adjacent to an activating group) is 1. The molecule has 5 heteroatoms. The SMILES string of the molecule is CCN1CCC[C@@H]1CNC(=O)c1n[nH]c2c1CCC2. The topological polar surface area (TPSA) is 61.0 Å². The molecule has 0 radical (unpaired) electrons. The molecule has 1 aliphatic carbocycles. The van der Waals surface area contributed by atoms with Gasteiger partial charge in [0.15, 0.2) is 5.69 Å². The Labute approximate surface area is 113 Å². The zero-order valence-electron chi connectivity index (χ0n) is 11.5. The lowest BCUT2D eigenvalue weighted by Gasteiger charge is -2.22. The number of likely N-dealkylation sites (tertiary alicyclic amines) is 1.